The maximum Gasteiger partial charge on any atom is 0.232 e. The van der Waals surface area contributed by atoms with Gasteiger partial charge in [0, 0.05) is 12.1 Å². The predicted octanol–water partition coefficient (Wildman–Crippen LogP) is 2.48. The second-order valence-electron chi connectivity index (χ2n) is 5.12. The van der Waals surface area contributed by atoms with Gasteiger partial charge in [-0.05, 0) is 39.5 Å². The van der Waals surface area contributed by atoms with Gasteiger partial charge in [-0.3, -0.25) is 4.79 Å². The molecule has 0 spiro atoms. The van der Waals surface area contributed by atoms with Crippen molar-refractivity contribution in [2.24, 2.45) is 11.7 Å². The van der Waals surface area contributed by atoms with Gasteiger partial charge in [0.05, 0.1) is 10.9 Å². The van der Waals surface area contributed by atoms with E-state index in [1.165, 1.54) is 6.42 Å². The van der Waals surface area contributed by atoms with Crippen molar-refractivity contribution in [2.75, 3.05) is 0 Å². The van der Waals surface area contributed by atoms with Crippen molar-refractivity contribution in [3.63, 3.8) is 0 Å². The van der Waals surface area contributed by atoms with E-state index in [2.05, 4.69) is 20.8 Å². The van der Waals surface area contributed by atoms with Crippen LogP contribution in [-0.2, 0) is 4.79 Å². The summed E-state index contributed by atoms with van der Waals surface area (Å²) in [6.07, 6.45) is 5.09. The summed E-state index contributed by atoms with van der Waals surface area (Å²) in [6, 6.07) is 0.639. The first-order valence-electron chi connectivity index (χ1n) is 6.60. The molecule has 1 saturated heterocycles. The molecule has 1 rings (SSSR count). The van der Waals surface area contributed by atoms with Crippen molar-refractivity contribution >= 4 is 23.1 Å². The summed E-state index contributed by atoms with van der Waals surface area (Å²) in [5.74, 6) is -0.128. The van der Waals surface area contributed by atoms with Crippen LogP contribution in [-0.4, -0.2) is 27.9 Å². The van der Waals surface area contributed by atoms with E-state index in [0.29, 0.717) is 17.1 Å². The number of thiocarbonyl (C=S) groups is 1. The number of carbonyl (C=O) groups excluding carboxylic acids is 1. The molecule has 1 amide bonds. The molecule has 1 aliphatic heterocycles. The number of hydrogen-bond donors (Lipinski definition) is 1. The highest BCUT2D eigenvalue weighted by Crippen LogP contribution is 2.25. The van der Waals surface area contributed by atoms with Gasteiger partial charge in [0.15, 0.2) is 0 Å². The standard InChI is InChI=1S/C13H24N2OS/c1-4-6-11(12(14)17)13(16)15-9(2)7-5-8-10(15)3/h9-11H,4-8H2,1-3H3,(H2,14,17)/t9-,10+,11?. The number of nitrogens with two attached hydrogens (primary N) is 1. The topological polar surface area (TPSA) is 46.3 Å². The number of piperidine rings is 1. The molecule has 0 bridgehead atoms. The Hall–Kier alpha value is -0.640. The van der Waals surface area contributed by atoms with Gasteiger partial charge in [0.2, 0.25) is 5.91 Å². The fraction of sp³-hybridized carbons (Fsp3) is 0.846. The molecule has 17 heavy (non-hydrogen) atoms. The lowest BCUT2D eigenvalue weighted by Crippen LogP contribution is -2.51. The zero-order valence-corrected chi connectivity index (χ0v) is 11.9. The largest absolute Gasteiger partial charge is 0.393 e. The zero-order chi connectivity index (χ0) is 13.0. The Morgan fingerprint density at radius 1 is 1.41 bits per heavy atom. The van der Waals surface area contributed by atoms with Gasteiger partial charge >= 0.3 is 0 Å². The number of carbonyl (C=O) groups is 1. The summed E-state index contributed by atoms with van der Waals surface area (Å²) in [4.78, 5) is 14.9. The second kappa shape index (κ2) is 6.34. The third-order valence-corrected chi connectivity index (χ3v) is 3.95. The van der Waals surface area contributed by atoms with Crippen LogP contribution in [0.2, 0.25) is 0 Å². The predicted molar refractivity (Wildman–Crippen MR) is 74.8 cm³/mol. The van der Waals surface area contributed by atoms with E-state index in [1.807, 2.05) is 4.90 Å². The van der Waals surface area contributed by atoms with Crippen LogP contribution >= 0.6 is 12.2 Å². The maximum absolute atomic E-state index is 12.5. The van der Waals surface area contributed by atoms with Crippen molar-refractivity contribution in [3.05, 3.63) is 0 Å². The minimum atomic E-state index is -0.266. The van der Waals surface area contributed by atoms with E-state index >= 15 is 0 Å². The minimum Gasteiger partial charge on any atom is -0.393 e. The summed E-state index contributed by atoms with van der Waals surface area (Å²) < 4.78 is 0. The molecule has 1 heterocycles. The quantitative estimate of drug-likeness (QED) is 0.786. The molecule has 2 N–H and O–H groups in total. The van der Waals surface area contributed by atoms with E-state index in [0.717, 1.165) is 25.7 Å². The Morgan fingerprint density at radius 2 is 1.94 bits per heavy atom. The molecule has 0 aromatic heterocycles. The van der Waals surface area contributed by atoms with E-state index in [-0.39, 0.29) is 11.8 Å². The normalized spacial score (nSPS) is 26.6. The molecule has 0 saturated carbocycles. The summed E-state index contributed by atoms with van der Waals surface area (Å²) >= 11 is 5.04. The Labute approximate surface area is 110 Å². The molecular formula is C13H24N2OS. The summed E-state index contributed by atoms with van der Waals surface area (Å²) in [6.45, 7) is 6.30. The molecule has 0 aliphatic carbocycles. The Bertz CT molecular complexity index is 283. The van der Waals surface area contributed by atoms with Crippen LogP contribution in [0.3, 0.4) is 0 Å². The number of rotatable bonds is 4. The molecule has 4 heteroatoms. The molecule has 0 aromatic rings. The molecule has 3 nitrogen and oxygen atoms in total. The highest BCUT2D eigenvalue weighted by atomic mass is 32.1. The third-order valence-electron chi connectivity index (χ3n) is 3.67. The first kappa shape index (κ1) is 14.4. The summed E-state index contributed by atoms with van der Waals surface area (Å²) in [7, 11) is 0. The van der Waals surface area contributed by atoms with Crippen LogP contribution in [0.4, 0.5) is 0 Å². The lowest BCUT2D eigenvalue weighted by molar-refractivity contribution is -0.139. The summed E-state index contributed by atoms with van der Waals surface area (Å²) in [5, 5.41) is 0. The number of amides is 1. The molecule has 1 aliphatic rings. The minimum absolute atomic E-state index is 0.138. The Kier molecular flexibility index (Phi) is 5.37. The van der Waals surface area contributed by atoms with E-state index in [1.54, 1.807) is 0 Å². The van der Waals surface area contributed by atoms with Gasteiger partial charge in [-0.25, -0.2) is 0 Å². The molecule has 1 unspecified atom stereocenters. The maximum atomic E-state index is 12.5. The van der Waals surface area contributed by atoms with Crippen LogP contribution in [0.5, 0.6) is 0 Å². The van der Waals surface area contributed by atoms with Gasteiger partial charge in [-0.15, -0.1) is 0 Å². The second-order valence-corrected chi connectivity index (χ2v) is 5.59. The average Bonchev–Trinajstić information content (AvgIpc) is 2.24. The van der Waals surface area contributed by atoms with Gasteiger partial charge in [-0.2, -0.15) is 0 Å². The van der Waals surface area contributed by atoms with Crippen molar-refractivity contribution in [1.29, 1.82) is 0 Å². The first-order chi connectivity index (χ1) is 7.99. The van der Waals surface area contributed by atoms with Gasteiger partial charge in [0.25, 0.3) is 0 Å². The molecule has 3 atom stereocenters. The molecule has 0 radical (unpaired) electrons. The van der Waals surface area contributed by atoms with Crippen LogP contribution in [0.1, 0.15) is 52.9 Å². The fourth-order valence-electron chi connectivity index (χ4n) is 2.71. The highest BCUT2D eigenvalue weighted by Gasteiger charge is 2.33. The fourth-order valence-corrected chi connectivity index (χ4v) is 2.93. The van der Waals surface area contributed by atoms with Crippen LogP contribution in [0.25, 0.3) is 0 Å². The molecular weight excluding hydrogens is 232 g/mol. The lowest BCUT2D eigenvalue weighted by Gasteiger charge is -2.40. The molecule has 0 aromatic carbocycles. The number of nitrogens with zero attached hydrogens (tertiary/aromatic N) is 1. The van der Waals surface area contributed by atoms with Crippen molar-refractivity contribution in [1.82, 2.24) is 4.90 Å². The van der Waals surface area contributed by atoms with Crippen LogP contribution in [0, 0.1) is 5.92 Å². The zero-order valence-electron chi connectivity index (χ0n) is 11.1. The van der Waals surface area contributed by atoms with E-state index < -0.39 is 0 Å². The van der Waals surface area contributed by atoms with Crippen LogP contribution in [0.15, 0.2) is 0 Å². The number of likely N-dealkylation sites (tertiary alicyclic amines) is 1. The number of hydrogen-bond acceptors (Lipinski definition) is 2. The average molecular weight is 256 g/mol. The van der Waals surface area contributed by atoms with Gasteiger partial charge in [0.1, 0.15) is 0 Å². The van der Waals surface area contributed by atoms with Crippen molar-refractivity contribution < 1.29 is 4.79 Å². The smallest absolute Gasteiger partial charge is 0.232 e. The first-order valence-corrected chi connectivity index (χ1v) is 7.01. The van der Waals surface area contributed by atoms with Gasteiger partial charge in [-0.1, -0.05) is 25.6 Å². The van der Waals surface area contributed by atoms with E-state index in [9.17, 15) is 4.79 Å². The SMILES string of the molecule is CCCC(C(=O)N1[C@H](C)CCC[C@@H]1C)C(N)=S. The third kappa shape index (κ3) is 3.41. The van der Waals surface area contributed by atoms with Gasteiger partial charge < -0.3 is 10.6 Å². The Balaban J connectivity index is 2.80. The Morgan fingerprint density at radius 3 is 2.35 bits per heavy atom. The lowest BCUT2D eigenvalue weighted by atomic mass is 9.93. The highest BCUT2D eigenvalue weighted by molar-refractivity contribution is 7.80. The molecule has 98 valence electrons. The monoisotopic (exact) mass is 256 g/mol. The molecule has 1 fully saturated rings. The van der Waals surface area contributed by atoms with E-state index in [4.69, 9.17) is 18.0 Å². The van der Waals surface area contributed by atoms with Crippen molar-refractivity contribution in [2.45, 2.75) is 65.0 Å². The van der Waals surface area contributed by atoms with Crippen LogP contribution < -0.4 is 5.73 Å². The summed E-state index contributed by atoms with van der Waals surface area (Å²) in [5.41, 5.74) is 5.71. The van der Waals surface area contributed by atoms with Crippen molar-refractivity contribution in [3.8, 4) is 0 Å².